The smallest absolute Gasteiger partial charge is 0.265 e. The van der Waals surface area contributed by atoms with E-state index >= 15 is 0 Å². The molecular weight excluding hydrogens is 316 g/mol. The number of ether oxygens (including phenoxy) is 1. The van der Waals surface area contributed by atoms with E-state index < -0.39 is 6.10 Å². The molecule has 0 aromatic heterocycles. The molecule has 1 fully saturated rings. The number of benzene rings is 2. The molecule has 130 valence electrons. The van der Waals surface area contributed by atoms with Gasteiger partial charge in [-0.25, -0.2) is 0 Å². The Bertz CT molecular complexity index is 742. The Morgan fingerprint density at radius 3 is 2.56 bits per heavy atom. The summed E-state index contributed by atoms with van der Waals surface area (Å²) in [6, 6.07) is 16.5. The van der Waals surface area contributed by atoms with E-state index in [0.717, 1.165) is 12.8 Å². The Labute approximate surface area is 147 Å². The minimum absolute atomic E-state index is 0.105. The van der Waals surface area contributed by atoms with Crippen LogP contribution in [0, 0.1) is 0 Å². The molecule has 1 atom stereocenters. The van der Waals surface area contributed by atoms with Gasteiger partial charge in [-0.05, 0) is 49.6 Å². The first-order valence-electron chi connectivity index (χ1n) is 8.59. The lowest BCUT2D eigenvalue weighted by Gasteiger charge is -2.17. The third kappa shape index (κ3) is 4.83. The maximum Gasteiger partial charge on any atom is 0.265 e. The Kier molecular flexibility index (Phi) is 5.33. The van der Waals surface area contributed by atoms with Crippen molar-refractivity contribution in [2.45, 2.75) is 38.3 Å². The standard InChI is InChI=1S/C20H22N2O3/c1-2-18(25-17-9-4-3-5-10-17)20(24)22-16-8-6-7-14(13-16)19(23)21-15-11-12-15/h3-10,13,15,18H,2,11-12H2,1H3,(H,21,23)(H,22,24)/t18-/m0/s1. The summed E-state index contributed by atoms with van der Waals surface area (Å²) in [7, 11) is 0. The zero-order chi connectivity index (χ0) is 17.6. The molecule has 0 radical (unpaired) electrons. The normalized spacial score (nSPS) is 14.4. The van der Waals surface area contributed by atoms with E-state index in [1.54, 1.807) is 24.3 Å². The van der Waals surface area contributed by atoms with Gasteiger partial charge in [0, 0.05) is 17.3 Å². The van der Waals surface area contributed by atoms with Gasteiger partial charge in [-0.2, -0.15) is 0 Å². The fourth-order valence-corrected chi connectivity index (χ4v) is 2.44. The van der Waals surface area contributed by atoms with Gasteiger partial charge in [0.05, 0.1) is 0 Å². The summed E-state index contributed by atoms with van der Waals surface area (Å²) in [6.07, 6.45) is 2.03. The molecule has 0 bridgehead atoms. The van der Waals surface area contributed by atoms with Crippen molar-refractivity contribution < 1.29 is 14.3 Å². The van der Waals surface area contributed by atoms with Crippen molar-refractivity contribution in [2.24, 2.45) is 0 Å². The number of carbonyl (C=O) groups excluding carboxylic acids is 2. The topological polar surface area (TPSA) is 67.4 Å². The minimum atomic E-state index is -0.591. The summed E-state index contributed by atoms with van der Waals surface area (Å²) in [5.74, 6) is 0.319. The van der Waals surface area contributed by atoms with Gasteiger partial charge in [-0.3, -0.25) is 9.59 Å². The van der Waals surface area contributed by atoms with Gasteiger partial charge in [0.15, 0.2) is 6.10 Å². The van der Waals surface area contributed by atoms with Crippen LogP contribution in [0.1, 0.15) is 36.5 Å². The Hall–Kier alpha value is -2.82. The molecular formula is C20H22N2O3. The number of hydrogen-bond acceptors (Lipinski definition) is 3. The zero-order valence-electron chi connectivity index (χ0n) is 14.2. The molecule has 0 heterocycles. The Morgan fingerprint density at radius 1 is 1.12 bits per heavy atom. The van der Waals surface area contributed by atoms with E-state index in [4.69, 9.17) is 4.74 Å². The van der Waals surface area contributed by atoms with Crippen molar-refractivity contribution >= 4 is 17.5 Å². The average Bonchev–Trinajstić information content (AvgIpc) is 3.44. The molecule has 25 heavy (non-hydrogen) atoms. The van der Waals surface area contributed by atoms with Crippen molar-refractivity contribution in [2.75, 3.05) is 5.32 Å². The summed E-state index contributed by atoms with van der Waals surface area (Å²) in [5, 5.41) is 5.77. The number of nitrogens with one attached hydrogen (secondary N) is 2. The number of carbonyl (C=O) groups is 2. The average molecular weight is 338 g/mol. The highest BCUT2D eigenvalue weighted by atomic mass is 16.5. The third-order valence-electron chi connectivity index (χ3n) is 3.99. The molecule has 5 heteroatoms. The second kappa shape index (κ2) is 7.83. The highest BCUT2D eigenvalue weighted by molar-refractivity contribution is 5.98. The fourth-order valence-electron chi connectivity index (χ4n) is 2.44. The summed E-state index contributed by atoms with van der Waals surface area (Å²) < 4.78 is 5.74. The van der Waals surface area contributed by atoms with Gasteiger partial charge in [0.2, 0.25) is 0 Å². The number of anilines is 1. The molecule has 0 saturated heterocycles. The van der Waals surface area contributed by atoms with E-state index in [1.807, 2.05) is 37.3 Å². The first kappa shape index (κ1) is 17.0. The number of para-hydroxylation sites is 1. The molecule has 1 aliphatic carbocycles. The minimum Gasteiger partial charge on any atom is -0.481 e. The molecule has 2 amide bonds. The maximum absolute atomic E-state index is 12.5. The molecule has 2 N–H and O–H groups in total. The summed E-state index contributed by atoms with van der Waals surface area (Å²) in [5.41, 5.74) is 1.13. The van der Waals surface area contributed by atoms with Crippen molar-refractivity contribution in [1.82, 2.24) is 5.32 Å². The first-order valence-corrected chi connectivity index (χ1v) is 8.59. The lowest BCUT2D eigenvalue weighted by atomic mass is 10.1. The van der Waals surface area contributed by atoms with E-state index in [2.05, 4.69) is 10.6 Å². The molecule has 2 aromatic rings. The molecule has 0 aliphatic heterocycles. The SMILES string of the molecule is CC[C@H](Oc1ccccc1)C(=O)Nc1cccc(C(=O)NC2CC2)c1. The van der Waals surface area contributed by atoms with Crippen LogP contribution >= 0.6 is 0 Å². The molecule has 0 unspecified atom stereocenters. The van der Waals surface area contributed by atoms with Crippen LogP contribution in [-0.2, 0) is 4.79 Å². The van der Waals surface area contributed by atoms with Crippen LogP contribution in [0.15, 0.2) is 54.6 Å². The molecule has 3 rings (SSSR count). The largest absolute Gasteiger partial charge is 0.481 e. The molecule has 5 nitrogen and oxygen atoms in total. The summed E-state index contributed by atoms with van der Waals surface area (Å²) in [4.78, 5) is 24.6. The quantitative estimate of drug-likeness (QED) is 0.813. The third-order valence-corrected chi connectivity index (χ3v) is 3.99. The van der Waals surface area contributed by atoms with Crippen LogP contribution in [0.4, 0.5) is 5.69 Å². The van der Waals surface area contributed by atoms with E-state index in [1.165, 1.54) is 0 Å². The second-order valence-corrected chi connectivity index (χ2v) is 6.15. The van der Waals surface area contributed by atoms with E-state index in [0.29, 0.717) is 29.5 Å². The zero-order valence-corrected chi connectivity index (χ0v) is 14.2. The maximum atomic E-state index is 12.5. The summed E-state index contributed by atoms with van der Waals surface area (Å²) in [6.45, 7) is 1.90. The summed E-state index contributed by atoms with van der Waals surface area (Å²) >= 11 is 0. The van der Waals surface area contributed by atoms with Gasteiger partial charge in [-0.1, -0.05) is 31.2 Å². The monoisotopic (exact) mass is 338 g/mol. The van der Waals surface area contributed by atoms with Crippen LogP contribution in [-0.4, -0.2) is 24.0 Å². The van der Waals surface area contributed by atoms with Crippen molar-refractivity contribution in [1.29, 1.82) is 0 Å². The number of amides is 2. The van der Waals surface area contributed by atoms with Crippen LogP contribution in [0.3, 0.4) is 0 Å². The van der Waals surface area contributed by atoms with Crippen LogP contribution in [0.2, 0.25) is 0 Å². The lowest BCUT2D eigenvalue weighted by Crippen LogP contribution is -2.32. The van der Waals surface area contributed by atoms with Crippen molar-refractivity contribution in [3.63, 3.8) is 0 Å². The Balaban J connectivity index is 1.63. The van der Waals surface area contributed by atoms with Gasteiger partial charge >= 0.3 is 0 Å². The van der Waals surface area contributed by atoms with Crippen LogP contribution < -0.4 is 15.4 Å². The van der Waals surface area contributed by atoms with Crippen molar-refractivity contribution in [3.8, 4) is 5.75 Å². The van der Waals surface area contributed by atoms with Crippen LogP contribution in [0.5, 0.6) is 5.75 Å². The second-order valence-electron chi connectivity index (χ2n) is 6.15. The highest BCUT2D eigenvalue weighted by Gasteiger charge is 2.24. The van der Waals surface area contributed by atoms with E-state index in [-0.39, 0.29) is 11.8 Å². The first-order chi connectivity index (χ1) is 12.2. The van der Waals surface area contributed by atoms with Crippen LogP contribution in [0.25, 0.3) is 0 Å². The number of rotatable bonds is 7. The molecule has 0 spiro atoms. The molecule has 2 aromatic carbocycles. The van der Waals surface area contributed by atoms with Crippen molar-refractivity contribution in [3.05, 3.63) is 60.2 Å². The lowest BCUT2D eigenvalue weighted by molar-refractivity contribution is -0.122. The highest BCUT2D eigenvalue weighted by Crippen LogP contribution is 2.20. The van der Waals surface area contributed by atoms with Gasteiger partial charge < -0.3 is 15.4 Å². The predicted molar refractivity (Wildman–Crippen MR) is 96.7 cm³/mol. The van der Waals surface area contributed by atoms with Gasteiger partial charge in [0.25, 0.3) is 11.8 Å². The molecule has 1 saturated carbocycles. The van der Waals surface area contributed by atoms with Gasteiger partial charge in [-0.15, -0.1) is 0 Å². The van der Waals surface area contributed by atoms with E-state index in [9.17, 15) is 9.59 Å². The number of hydrogen-bond donors (Lipinski definition) is 2. The Morgan fingerprint density at radius 2 is 1.88 bits per heavy atom. The molecule has 1 aliphatic rings. The fraction of sp³-hybridized carbons (Fsp3) is 0.300. The predicted octanol–water partition coefficient (Wildman–Crippen LogP) is 3.37. The van der Waals surface area contributed by atoms with Gasteiger partial charge in [0.1, 0.15) is 5.75 Å².